The minimum absolute atomic E-state index is 0.218. The van der Waals surface area contributed by atoms with Crippen LogP contribution in [-0.4, -0.2) is 55.3 Å². The predicted molar refractivity (Wildman–Crippen MR) is 122 cm³/mol. The second-order valence-electron chi connectivity index (χ2n) is 7.75. The number of hydrogen-bond donors (Lipinski definition) is 1. The first-order valence-corrected chi connectivity index (χ1v) is 10.9. The lowest BCUT2D eigenvalue weighted by atomic mass is 10.1. The number of rotatable bonds is 8. The van der Waals surface area contributed by atoms with Gasteiger partial charge in [-0.1, -0.05) is 19.9 Å². The summed E-state index contributed by atoms with van der Waals surface area (Å²) in [6, 6.07) is 7.71. The summed E-state index contributed by atoms with van der Waals surface area (Å²) in [5.74, 6) is 1.18. The highest BCUT2D eigenvalue weighted by Crippen LogP contribution is 2.21. The number of carbonyl (C=O) groups is 1. The second kappa shape index (κ2) is 10.4. The first kappa shape index (κ1) is 22.0. The van der Waals surface area contributed by atoms with Crippen molar-refractivity contribution in [1.82, 2.24) is 9.97 Å². The smallest absolute Gasteiger partial charge is 0.274 e. The van der Waals surface area contributed by atoms with Crippen molar-refractivity contribution in [2.75, 3.05) is 54.5 Å². The van der Waals surface area contributed by atoms with Crippen LogP contribution in [0.25, 0.3) is 0 Å². The predicted octanol–water partition coefficient (Wildman–Crippen LogP) is 3.81. The van der Waals surface area contributed by atoms with Gasteiger partial charge in [-0.2, -0.15) is 4.98 Å². The van der Waals surface area contributed by atoms with E-state index in [9.17, 15) is 4.79 Å². The minimum Gasteiger partial charge on any atom is -0.378 e. The number of aryl methyl sites for hydroxylation is 2. The SMILES string of the molecule is CCCN(CCC)c1nc(C(=O)Nc2ccc(C)c(C)c2)cc(N2CCOCC2)n1. The quantitative estimate of drug-likeness (QED) is 0.712. The van der Waals surface area contributed by atoms with Crippen LogP contribution < -0.4 is 15.1 Å². The highest BCUT2D eigenvalue weighted by molar-refractivity contribution is 6.03. The monoisotopic (exact) mass is 411 g/mol. The van der Waals surface area contributed by atoms with E-state index >= 15 is 0 Å². The largest absolute Gasteiger partial charge is 0.378 e. The molecule has 2 heterocycles. The molecule has 162 valence electrons. The maximum absolute atomic E-state index is 13.1. The van der Waals surface area contributed by atoms with Crippen molar-refractivity contribution in [3.63, 3.8) is 0 Å². The number of ether oxygens (including phenoxy) is 1. The molecule has 1 saturated heterocycles. The molecular formula is C23H33N5O2. The molecule has 1 aliphatic rings. The summed E-state index contributed by atoms with van der Waals surface area (Å²) in [4.78, 5) is 26.9. The zero-order valence-electron chi connectivity index (χ0n) is 18.6. The number of anilines is 3. The molecule has 0 radical (unpaired) electrons. The normalized spacial score (nSPS) is 13.9. The zero-order valence-corrected chi connectivity index (χ0v) is 18.6. The van der Waals surface area contributed by atoms with Crippen molar-refractivity contribution in [2.45, 2.75) is 40.5 Å². The molecule has 1 aliphatic heterocycles. The Balaban J connectivity index is 1.93. The van der Waals surface area contributed by atoms with Gasteiger partial charge in [0.25, 0.3) is 5.91 Å². The molecule has 2 aromatic rings. The van der Waals surface area contributed by atoms with Crippen molar-refractivity contribution >= 4 is 23.4 Å². The average molecular weight is 412 g/mol. The Hall–Kier alpha value is -2.67. The third kappa shape index (κ3) is 5.48. The van der Waals surface area contributed by atoms with Gasteiger partial charge in [-0.15, -0.1) is 0 Å². The van der Waals surface area contributed by atoms with Gasteiger partial charge in [-0.3, -0.25) is 4.79 Å². The van der Waals surface area contributed by atoms with Crippen LogP contribution in [0.4, 0.5) is 17.5 Å². The van der Waals surface area contributed by atoms with Crippen LogP contribution in [0.5, 0.6) is 0 Å². The molecule has 0 bridgehead atoms. The first-order valence-electron chi connectivity index (χ1n) is 10.9. The summed E-state index contributed by atoms with van der Waals surface area (Å²) in [6.45, 7) is 12.9. The summed E-state index contributed by atoms with van der Waals surface area (Å²) in [7, 11) is 0. The fraction of sp³-hybridized carbons (Fsp3) is 0.522. The van der Waals surface area contributed by atoms with Crippen LogP contribution in [0.3, 0.4) is 0 Å². The van der Waals surface area contributed by atoms with E-state index in [0.717, 1.165) is 56.1 Å². The lowest BCUT2D eigenvalue weighted by Crippen LogP contribution is -2.37. The second-order valence-corrected chi connectivity index (χ2v) is 7.75. The zero-order chi connectivity index (χ0) is 21.5. The topological polar surface area (TPSA) is 70.6 Å². The summed E-state index contributed by atoms with van der Waals surface area (Å²) in [5, 5.41) is 3.00. The highest BCUT2D eigenvalue weighted by atomic mass is 16.5. The van der Waals surface area contributed by atoms with E-state index in [1.54, 1.807) is 6.07 Å². The minimum atomic E-state index is -0.218. The van der Waals surface area contributed by atoms with Gasteiger partial charge in [0, 0.05) is 37.9 Å². The van der Waals surface area contributed by atoms with Crippen molar-refractivity contribution in [1.29, 1.82) is 0 Å². The number of morpholine rings is 1. The van der Waals surface area contributed by atoms with Gasteiger partial charge >= 0.3 is 0 Å². The lowest BCUT2D eigenvalue weighted by Gasteiger charge is -2.29. The Kier molecular flexibility index (Phi) is 7.63. The maximum Gasteiger partial charge on any atom is 0.274 e. The van der Waals surface area contributed by atoms with E-state index in [4.69, 9.17) is 9.72 Å². The summed E-state index contributed by atoms with van der Waals surface area (Å²) >= 11 is 0. The Bertz CT molecular complexity index is 859. The standard InChI is InChI=1S/C23H33N5O2/c1-5-9-28(10-6-2)23-25-20(16-21(26-23)27-11-13-30-14-12-27)22(29)24-19-8-7-17(3)18(4)15-19/h7-8,15-16H,5-6,9-14H2,1-4H3,(H,24,29). The Morgan fingerprint density at radius 3 is 2.40 bits per heavy atom. The molecule has 0 saturated carbocycles. The Labute approximate surface area is 179 Å². The molecule has 1 amide bonds. The van der Waals surface area contributed by atoms with Crippen molar-refractivity contribution < 1.29 is 9.53 Å². The van der Waals surface area contributed by atoms with E-state index in [2.05, 4.69) is 40.9 Å². The molecule has 1 fully saturated rings. The number of nitrogens with one attached hydrogen (secondary N) is 1. The number of carbonyl (C=O) groups excluding carboxylic acids is 1. The number of nitrogens with zero attached hydrogens (tertiary/aromatic N) is 4. The molecule has 1 aromatic carbocycles. The van der Waals surface area contributed by atoms with Crippen molar-refractivity contribution in [2.24, 2.45) is 0 Å². The lowest BCUT2D eigenvalue weighted by molar-refractivity contribution is 0.102. The van der Waals surface area contributed by atoms with Crippen LogP contribution in [0.2, 0.25) is 0 Å². The molecule has 0 aliphatic carbocycles. The molecule has 7 nitrogen and oxygen atoms in total. The molecule has 0 spiro atoms. The third-order valence-electron chi connectivity index (χ3n) is 5.30. The molecule has 7 heteroatoms. The van der Waals surface area contributed by atoms with Crippen molar-refractivity contribution in [3.05, 3.63) is 41.1 Å². The molecule has 1 aromatic heterocycles. The van der Waals surface area contributed by atoms with Gasteiger partial charge < -0.3 is 19.9 Å². The number of hydrogen-bond acceptors (Lipinski definition) is 6. The van der Waals surface area contributed by atoms with E-state index in [1.807, 2.05) is 25.1 Å². The van der Waals surface area contributed by atoms with Gasteiger partial charge in [-0.25, -0.2) is 4.98 Å². The Morgan fingerprint density at radius 2 is 1.77 bits per heavy atom. The van der Waals surface area contributed by atoms with Crippen LogP contribution in [0, 0.1) is 13.8 Å². The third-order valence-corrected chi connectivity index (χ3v) is 5.30. The molecular weight excluding hydrogens is 378 g/mol. The maximum atomic E-state index is 13.1. The summed E-state index contributed by atoms with van der Waals surface area (Å²) < 4.78 is 5.48. The molecule has 1 N–H and O–H groups in total. The fourth-order valence-electron chi connectivity index (χ4n) is 3.50. The summed E-state index contributed by atoms with van der Waals surface area (Å²) in [5.41, 5.74) is 3.50. The average Bonchev–Trinajstić information content (AvgIpc) is 2.76. The Morgan fingerprint density at radius 1 is 1.07 bits per heavy atom. The number of benzene rings is 1. The van der Waals surface area contributed by atoms with Gasteiger partial charge in [0.1, 0.15) is 11.5 Å². The van der Waals surface area contributed by atoms with Gasteiger partial charge in [-0.05, 0) is 49.9 Å². The van der Waals surface area contributed by atoms with E-state index in [-0.39, 0.29) is 5.91 Å². The van der Waals surface area contributed by atoms with Gasteiger partial charge in [0.15, 0.2) is 0 Å². The molecule has 30 heavy (non-hydrogen) atoms. The van der Waals surface area contributed by atoms with E-state index in [1.165, 1.54) is 5.56 Å². The number of amides is 1. The van der Waals surface area contributed by atoms with E-state index < -0.39 is 0 Å². The number of aromatic nitrogens is 2. The molecule has 0 unspecified atom stereocenters. The molecule has 0 atom stereocenters. The summed E-state index contributed by atoms with van der Waals surface area (Å²) in [6.07, 6.45) is 1.99. The van der Waals surface area contributed by atoms with Crippen LogP contribution in [-0.2, 0) is 4.74 Å². The van der Waals surface area contributed by atoms with Crippen molar-refractivity contribution in [3.8, 4) is 0 Å². The van der Waals surface area contributed by atoms with Gasteiger partial charge in [0.05, 0.1) is 13.2 Å². The fourth-order valence-corrected chi connectivity index (χ4v) is 3.50. The van der Waals surface area contributed by atoms with Gasteiger partial charge in [0.2, 0.25) is 5.95 Å². The van der Waals surface area contributed by atoms with Crippen LogP contribution >= 0.6 is 0 Å². The van der Waals surface area contributed by atoms with E-state index in [0.29, 0.717) is 24.9 Å². The highest BCUT2D eigenvalue weighted by Gasteiger charge is 2.20. The van der Waals surface area contributed by atoms with Crippen LogP contribution in [0.15, 0.2) is 24.3 Å². The first-order chi connectivity index (χ1) is 14.5. The van der Waals surface area contributed by atoms with Crippen LogP contribution in [0.1, 0.15) is 48.3 Å². The molecule has 3 rings (SSSR count).